The zero-order valence-corrected chi connectivity index (χ0v) is 13.3. The lowest BCUT2D eigenvalue weighted by molar-refractivity contribution is 0.240. The summed E-state index contributed by atoms with van der Waals surface area (Å²) >= 11 is 3.30. The van der Waals surface area contributed by atoms with Crippen molar-refractivity contribution in [1.29, 1.82) is 0 Å². The van der Waals surface area contributed by atoms with Gasteiger partial charge in [0.2, 0.25) is 0 Å². The SMILES string of the molecule is C[C@@H](CNC(=O)NC[C@H](C)c1nccs1)c1ccsc1. The molecule has 6 heteroatoms. The maximum Gasteiger partial charge on any atom is 0.314 e. The molecule has 108 valence electrons. The van der Waals surface area contributed by atoms with Crippen LogP contribution in [0.4, 0.5) is 4.79 Å². The van der Waals surface area contributed by atoms with E-state index in [4.69, 9.17) is 0 Å². The van der Waals surface area contributed by atoms with Crippen LogP contribution in [0.1, 0.15) is 36.3 Å². The average molecular weight is 309 g/mol. The van der Waals surface area contributed by atoms with Crippen molar-refractivity contribution in [3.05, 3.63) is 39.0 Å². The Hall–Kier alpha value is -1.40. The van der Waals surface area contributed by atoms with Crippen LogP contribution in [0.15, 0.2) is 28.4 Å². The predicted molar refractivity (Wildman–Crippen MR) is 84.7 cm³/mol. The molecule has 2 aromatic heterocycles. The first-order chi connectivity index (χ1) is 9.66. The topological polar surface area (TPSA) is 54.0 Å². The van der Waals surface area contributed by atoms with Crippen LogP contribution < -0.4 is 10.6 Å². The monoisotopic (exact) mass is 309 g/mol. The lowest BCUT2D eigenvalue weighted by Crippen LogP contribution is -2.39. The Kier molecular flexibility index (Phi) is 5.55. The number of thiophene rings is 1. The maximum atomic E-state index is 11.8. The van der Waals surface area contributed by atoms with Gasteiger partial charge in [0.15, 0.2) is 0 Å². The van der Waals surface area contributed by atoms with Crippen LogP contribution in [-0.4, -0.2) is 24.1 Å². The molecule has 0 fully saturated rings. The minimum absolute atomic E-state index is 0.115. The number of carbonyl (C=O) groups is 1. The van der Waals surface area contributed by atoms with E-state index < -0.39 is 0 Å². The molecule has 2 atom stereocenters. The van der Waals surface area contributed by atoms with Gasteiger partial charge in [-0.2, -0.15) is 11.3 Å². The molecule has 20 heavy (non-hydrogen) atoms. The van der Waals surface area contributed by atoms with Gasteiger partial charge in [-0.15, -0.1) is 11.3 Å². The quantitative estimate of drug-likeness (QED) is 0.859. The first-order valence-electron chi connectivity index (χ1n) is 6.60. The standard InChI is InChI=1S/C14H19N3OS2/c1-10(12-3-5-19-9-12)7-16-14(18)17-8-11(2)13-15-4-6-20-13/h3-6,9-11H,7-8H2,1-2H3,(H2,16,17,18)/t10-,11-/m0/s1. The van der Waals surface area contributed by atoms with Crippen molar-refractivity contribution >= 4 is 28.7 Å². The van der Waals surface area contributed by atoms with Crippen LogP contribution in [0.2, 0.25) is 0 Å². The lowest BCUT2D eigenvalue weighted by Gasteiger charge is -2.14. The summed E-state index contributed by atoms with van der Waals surface area (Å²) in [7, 11) is 0. The normalized spacial score (nSPS) is 13.7. The summed E-state index contributed by atoms with van der Waals surface area (Å²) in [6.45, 7) is 5.42. The van der Waals surface area contributed by atoms with Crippen LogP contribution in [-0.2, 0) is 0 Å². The molecule has 0 aromatic carbocycles. The molecule has 2 amide bonds. The van der Waals surface area contributed by atoms with Crippen molar-refractivity contribution in [2.45, 2.75) is 25.7 Å². The van der Waals surface area contributed by atoms with Crippen molar-refractivity contribution in [1.82, 2.24) is 15.6 Å². The fourth-order valence-corrected chi connectivity index (χ4v) is 3.27. The van der Waals surface area contributed by atoms with Crippen molar-refractivity contribution in [3.8, 4) is 0 Å². The molecule has 4 nitrogen and oxygen atoms in total. The number of hydrogen-bond donors (Lipinski definition) is 2. The van der Waals surface area contributed by atoms with Crippen molar-refractivity contribution in [2.24, 2.45) is 0 Å². The Balaban J connectivity index is 1.68. The molecule has 0 unspecified atom stereocenters. The molecule has 2 aromatic rings. The molecular weight excluding hydrogens is 290 g/mol. The minimum atomic E-state index is -0.115. The van der Waals surface area contributed by atoms with Crippen molar-refractivity contribution in [3.63, 3.8) is 0 Å². The van der Waals surface area contributed by atoms with Gasteiger partial charge in [0.05, 0.1) is 5.01 Å². The van der Waals surface area contributed by atoms with Gasteiger partial charge in [-0.05, 0) is 28.3 Å². The highest BCUT2D eigenvalue weighted by Crippen LogP contribution is 2.17. The van der Waals surface area contributed by atoms with Gasteiger partial charge in [-0.25, -0.2) is 9.78 Å². The van der Waals surface area contributed by atoms with E-state index in [0.717, 1.165) is 5.01 Å². The predicted octanol–water partition coefficient (Wildman–Crippen LogP) is 3.41. The van der Waals surface area contributed by atoms with Gasteiger partial charge < -0.3 is 10.6 Å². The summed E-state index contributed by atoms with van der Waals surface area (Å²) in [5, 5.41) is 13.0. The lowest BCUT2D eigenvalue weighted by atomic mass is 10.1. The summed E-state index contributed by atoms with van der Waals surface area (Å²) in [4.78, 5) is 16.0. The molecule has 2 heterocycles. The molecule has 0 aliphatic carbocycles. The second-order valence-electron chi connectivity index (χ2n) is 4.82. The second kappa shape index (κ2) is 7.40. The number of amides is 2. The van der Waals surface area contributed by atoms with Gasteiger partial charge in [-0.3, -0.25) is 0 Å². The molecule has 0 spiro atoms. The van der Waals surface area contributed by atoms with Crippen molar-refractivity contribution in [2.75, 3.05) is 13.1 Å². The Morgan fingerprint density at radius 1 is 1.25 bits per heavy atom. The average Bonchev–Trinajstić information content (AvgIpc) is 3.14. The Morgan fingerprint density at radius 2 is 2.00 bits per heavy atom. The number of hydrogen-bond acceptors (Lipinski definition) is 4. The summed E-state index contributed by atoms with van der Waals surface area (Å²) in [6.07, 6.45) is 1.79. The highest BCUT2D eigenvalue weighted by molar-refractivity contribution is 7.09. The maximum absolute atomic E-state index is 11.8. The summed E-state index contributed by atoms with van der Waals surface area (Å²) in [5.74, 6) is 0.582. The zero-order valence-electron chi connectivity index (χ0n) is 11.6. The molecule has 2 N–H and O–H groups in total. The Morgan fingerprint density at radius 3 is 2.60 bits per heavy atom. The van der Waals surface area contributed by atoms with Gasteiger partial charge in [0.1, 0.15) is 0 Å². The number of aromatic nitrogens is 1. The second-order valence-corrected chi connectivity index (χ2v) is 6.53. The highest BCUT2D eigenvalue weighted by Gasteiger charge is 2.11. The summed E-state index contributed by atoms with van der Waals surface area (Å²) < 4.78 is 0. The number of nitrogens with one attached hydrogen (secondary N) is 2. The smallest absolute Gasteiger partial charge is 0.314 e. The minimum Gasteiger partial charge on any atom is -0.338 e. The van der Waals surface area contributed by atoms with E-state index in [1.807, 2.05) is 5.38 Å². The van der Waals surface area contributed by atoms with Gasteiger partial charge in [0, 0.05) is 30.6 Å². The molecule has 0 saturated carbocycles. The zero-order chi connectivity index (χ0) is 14.4. The Bertz CT molecular complexity index is 464. The van der Waals surface area contributed by atoms with Gasteiger partial charge in [-0.1, -0.05) is 13.8 Å². The molecular formula is C14H19N3OS2. The van der Waals surface area contributed by atoms with E-state index in [1.165, 1.54) is 5.56 Å². The molecule has 2 rings (SSSR count). The highest BCUT2D eigenvalue weighted by atomic mass is 32.1. The van der Waals surface area contributed by atoms with Crippen LogP contribution in [0.3, 0.4) is 0 Å². The first kappa shape index (κ1) is 15.0. The van der Waals surface area contributed by atoms with E-state index in [9.17, 15) is 4.79 Å². The Labute approximate surface area is 127 Å². The third-order valence-corrected chi connectivity index (χ3v) is 4.83. The van der Waals surface area contributed by atoms with Gasteiger partial charge >= 0.3 is 6.03 Å². The number of nitrogens with zero attached hydrogens (tertiary/aromatic N) is 1. The molecule has 0 bridgehead atoms. The van der Waals surface area contributed by atoms with E-state index in [1.54, 1.807) is 28.9 Å². The summed E-state index contributed by atoms with van der Waals surface area (Å²) in [5.41, 5.74) is 1.27. The van der Waals surface area contributed by atoms with Crippen LogP contribution >= 0.6 is 22.7 Å². The van der Waals surface area contributed by atoms with E-state index in [-0.39, 0.29) is 11.9 Å². The number of urea groups is 1. The number of thiazole rings is 1. The van der Waals surface area contributed by atoms with Crippen LogP contribution in [0, 0.1) is 0 Å². The number of rotatable bonds is 6. The molecule has 0 saturated heterocycles. The molecule has 0 aliphatic rings. The largest absolute Gasteiger partial charge is 0.338 e. The molecule has 0 aliphatic heterocycles. The third-order valence-electron chi connectivity index (χ3n) is 3.12. The van der Waals surface area contributed by atoms with E-state index >= 15 is 0 Å². The first-order valence-corrected chi connectivity index (χ1v) is 8.42. The van der Waals surface area contributed by atoms with Crippen LogP contribution in [0.5, 0.6) is 0 Å². The molecule has 0 radical (unpaired) electrons. The summed E-state index contributed by atoms with van der Waals surface area (Å²) in [6, 6.07) is 1.98. The fourth-order valence-electron chi connectivity index (χ4n) is 1.79. The van der Waals surface area contributed by atoms with Gasteiger partial charge in [0.25, 0.3) is 0 Å². The fraction of sp³-hybridized carbons (Fsp3) is 0.429. The van der Waals surface area contributed by atoms with Crippen LogP contribution in [0.25, 0.3) is 0 Å². The van der Waals surface area contributed by atoms with Crippen molar-refractivity contribution < 1.29 is 4.79 Å². The number of carbonyl (C=O) groups excluding carboxylic acids is 1. The van der Waals surface area contributed by atoms with E-state index in [0.29, 0.717) is 19.0 Å². The third kappa shape index (κ3) is 4.31. The van der Waals surface area contributed by atoms with E-state index in [2.05, 4.69) is 46.3 Å².